The van der Waals surface area contributed by atoms with Crippen LogP contribution < -0.4 is 14.8 Å². The Morgan fingerprint density at radius 2 is 1.60 bits per heavy atom. The number of amides is 1. The molecule has 0 saturated heterocycles. The first-order chi connectivity index (χ1) is 14.2. The lowest BCUT2D eigenvalue weighted by molar-refractivity contribution is -0.118. The number of sulfonamides is 1. The molecule has 0 spiro atoms. The first-order valence-electron chi connectivity index (χ1n) is 9.42. The highest BCUT2D eigenvalue weighted by Gasteiger charge is 2.14. The number of benzene rings is 3. The van der Waals surface area contributed by atoms with Crippen molar-refractivity contribution in [3.63, 3.8) is 0 Å². The molecule has 0 aliphatic heterocycles. The maximum Gasteiger partial charge on any atom is 0.262 e. The van der Waals surface area contributed by atoms with Crippen molar-refractivity contribution >= 4 is 27.3 Å². The normalized spacial score (nSPS) is 11.0. The second-order valence-electron chi connectivity index (χ2n) is 7.08. The third-order valence-electron chi connectivity index (χ3n) is 4.56. The number of hydrogen-bond donors (Lipinski definition) is 2. The molecule has 30 heavy (non-hydrogen) atoms. The van der Waals surface area contributed by atoms with E-state index in [9.17, 15) is 13.2 Å². The van der Waals surface area contributed by atoms with Crippen molar-refractivity contribution in [2.45, 2.75) is 25.7 Å². The van der Waals surface area contributed by atoms with E-state index in [0.29, 0.717) is 17.1 Å². The molecule has 0 fully saturated rings. The smallest absolute Gasteiger partial charge is 0.262 e. The van der Waals surface area contributed by atoms with Crippen LogP contribution in [0.1, 0.15) is 16.7 Å². The molecule has 0 unspecified atom stereocenters. The lowest BCUT2D eigenvalue weighted by atomic mass is 10.1. The zero-order valence-corrected chi connectivity index (χ0v) is 17.9. The molecule has 0 saturated carbocycles. The van der Waals surface area contributed by atoms with Gasteiger partial charge in [0.2, 0.25) is 0 Å². The van der Waals surface area contributed by atoms with E-state index in [1.807, 2.05) is 45.0 Å². The fraction of sp³-hybridized carbons (Fsp3) is 0.174. The number of carbonyl (C=O) groups excluding carboxylic acids is 1. The summed E-state index contributed by atoms with van der Waals surface area (Å²) in [5.41, 5.74) is 4.40. The van der Waals surface area contributed by atoms with Crippen LogP contribution in [0.3, 0.4) is 0 Å². The van der Waals surface area contributed by atoms with Gasteiger partial charge in [0.15, 0.2) is 6.61 Å². The van der Waals surface area contributed by atoms with E-state index in [0.717, 1.165) is 16.7 Å². The van der Waals surface area contributed by atoms with E-state index in [-0.39, 0.29) is 17.4 Å². The van der Waals surface area contributed by atoms with Crippen molar-refractivity contribution in [2.24, 2.45) is 0 Å². The van der Waals surface area contributed by atoms with Gasteiger partial charge in [-0.15, -0.1) is 0 Å². The summed E-state index contributed by atoms with van der Waals surface area (Å²) in [5, 5.41) is 2.78. The van der Waals surface area contributed by atoms with Crippen LogP contribution >= 0.6 is 0 Å². The minimum absolute atomic E-state index is 0.107. The fourth-order valence-electron chi connectivity index (χ4n) is 2.80. The topological polar surface area (TPSA) is 84.5 Å². The van der Waals surface area contributed by atoms with Gasteiger partial charge < -0.3 is 10.1 Å². The first-order valence-corrected chi connectivity index (χ1v) is 10.9. The van der Waals surface area contributed by atoms with Crippen LogP contribution in [0.5, 0.6) is 5.75 Å². The molecule has 7 heteroatoms. The van der Waals surface area contributed by atoms with Gasteiger partial charge >= 0.3 is 0 Å². The third kappa shape index (κ3) is 5.61. The summed E-state index contributed by atoms with van der Waals surface area (Å²) in [7, 11) is -3.71. The highest BCUT2D eigenvalue weighted by molar-refractivity contribution is 7.92. The number of rotatable bonds is 7. The maximum absolute atomic E-state index is 12.5. The van der Waals surface area contributed by atoms with Crippen LogP contribution in [-0.4, -0.2) is 20.9 Å². The van der Waals surface area contributed by atoms with Crippen molar-refractivity contribution in [3.8, 4) is 5.75 Å². The Morgan fingerprint density at radius 1 is 0.867 bits per heavy atom. The molecule has 0 bridgehead atoms. The zero-order valence-electron chi connectivity index (χ0n) is 17.1. The number of carbonyl (C=O) groups is 1. The predicted molar refractivity (Wildman–Crippen MR) is 118 cm³/mol. The maximum atomic E-state index is 12.5. The molecule has 2 N–H and O–H groups in total. The minimum Gasteiger partial charge on any atom is -0.484 e. The van der Waals surface area contributed by atoms with Crippen LogP contribution in [0.4, 0.5) is 11.4 Å². The summed E-state index contributed by atoms with van der Waals surface area (Å²) >= 11 is 0. The summed E-state index contributed by atoms with van der Waals surface area (Å²) in [6, 6.07) is 18.7. The number of hydrogen-bond acceptors (Lipinski definition) is 4. The van der Waals surface area contributed by atoms with E-state index < -0.39 is 10.0 Å². The Bertz CT molecular complexity index is 1160. The monoisotopic (exact) mass is 424 g/mol. The molecule has 3 aromatic rings. The van der Waals surface area contributed by atoms with Crippen LogP contribution in [-0.2, 0) is 14.8 Å². The molecular formula is C23H24N2O4S. The Kier molecular flexibility index (Phi) is 6.42. The van der Waals surface area contributed by atoms with Crippen molar-refractivity contribution in [1.82, 2.24) is 0 Å². The quantitative estimate of drug-likeness (QED) is 0.588. The average Bonchev–Trinajstić information content (AvgIpc) is 2.69. The van der Waals surface area contributed by atoms with Gasteiger partial charge in [-0.2, -0.15) is 0 Å². The van der Waals surface area contributed by atoms with Gasteiger partial charge in [-0.25, -0.2) is 8.42 Å². The van der Waals surface area contributed by atoms with Crippen LogP contribution in [0.25, 0.3) is 0 Å². The molecule has 0 atom stereocenters. The van der Waals surface area contributed by atoms with Gasteiger partial charge in [-0.3, -0.25) is 9.52 Å². The van der Waals surface area contributed by atoms with E-state index >= 15 is 0 Å². The molecule has 156 valence electrons. The molecule has 0 heterocycles. The van der Waals surface area contributed by atoms with Gasteiger partial charge in [-0.1, -0.05) is 18.2 Å². The number of ether oxygens (including phenoxy) is 1. The van der Waals surface area contributed by atoms with Crippen molar-refractivity contribution < 1.29 is 17.9 Å². The highest BCUT2D eigenvalue weighted by atomic mass is 32.2. The standard InChI is InChI=1S/C23H24N2O4S/c1-16-5-4-6-20(13-16)25-30(27,28)22-11-9-21(10-12-22)29-15-23(26)24-19-8-7-17(2)18(3)14-19/h4-14,25H,15H2,1-3H3,(H,24,26). The van der Waals surface area contributed by atoms with Crippen molar-refractivity contribution in [3.05, 3.63) is 83.4 Å². The Labute approximate surface area is 177 Å². The van der Waals surface area contributed by atoms with E-state index in [1.165, 1.54) is 24.3 Å². The summed E-state index contributed by atoms with van der Waals surface area (Å²) in [6.07, 6.45) is 0. The van der Waals surface area contributed by atoms with Crippen molar-refractivity contribution in [1.29, 1.82) is 0 Å². The Balaban J connectivity index is 1.58. The van der Waals surface area contributed by atoms with Gasteiger partial charge in [-0.05, 0) is 86.0 Å². The largest absolute Gasteiger partial charge is 0.484 e. The Morgan fingerprint density at radius 3 is 2.27 bits per heavy atom. The summed E-state index contributed by atoms with van der Waals surface area (Å²) in [4.78, 5) is 12.2. The van der Waals surface area contributed by atoms with Crippen LogP contribution in [0.15, 0.2) is 71.6 Å². The third-order valence-corrected chi connectivity index (χ3v) is 5.96. The van der Waals surface area contributed by atoms with E-state index in [1.54, 1.807) is 18.2 Å². The Hall–Kier alpha value is -3.32. The second kappa shape index (κ2) is 9.00. The summed E-state index contributed by atoms with van der Waals surface area (Å²) in [6.45, 7) is 5.69. The molecular weight excluding hydrogens is 400 g/mol. The van der Waals surface area contributed by atoms with Gasteiger partial charge in [0.05, 0.1) is 4.90 Å². The first kappa shape index (κ1) is 21.4. The summed E-state index contributed by atoms with van der Waals surface area (Å²) < 4.78 is 33.1. The molecule has 3 rings (SSSR count). The van der Waals surface area contributed by atoms with Crippen LogP contribution in [0.2, 0.25) is 0 Å². The predicted octanol–water partition coefficient (Wildman–Crippen LogP) is 4.43. The molecule has 0 aliphatic rings. The lowest BCUT2D eigenvalue weighted by Gasteiger charge is -2.11. The van der Waals surface area contributed by atoms with Gasteiger partial charge in [0.1, 0.15) is 5.75 Å². The average molecular weight is 425 g/mol. The number of aryl methyl sites for hydroxylation is 3. The van der Waals surface area contributed by atoms with E-state index in [2.05, 4.69) is 10.0 Å². The van der Waals surface area contributed by atoms with E-state index in [4.69, 9.17) is 4.74 Å². The number of anilines is 2. The molecule has 0 aliphatic carbocycles. The molecule has 0 radical (unpaired) electrons. The van der Waals surface area contributed by atoms with Crippen molar-refractivity contribution in [2.75, 3.05) is 16.6 Å². The molecule has 3 aromatic carbocycles. The SMILES string of the molecule is Cc1cccc(NS(=O)(=O)c2ccc(OCC(=O)Nc3ccc(C)c(C)c3)cc2)c1. The summed E-state index contributed by atoms with van der Waals surface area (Å²) in [5.74, 6) is 0.107. The number of nitrogens with one attached hydrogen (secondary N) is 2. The fourth-order valence-corrected chi connectivity index (χ4v) is 3.85. The molecule has 1 amide bonds. The zero-order chi connectivity index (χ0) is 21.7. The minimum atomic E-state index is -3.71. The van der Waals surface area contributed by atoms with Crippen LogP contribution in [0, 0.1) is 20.8 Å². The lowest BCUT2D eigenvalue weighted by Crippen LogP contribution is -2.20. The van der Waals surface area contributed by atoms with Gasteiger partial charge in [0.25, 0.3) is 15.9 Å². The van der Waals surface area contributed by atoms with Gasteiger partial charge in [0, 0.05) is 11.4 Å². The molecule has 6 nitrogen and oxygen atoms in total. The highest BCUT2D eigenvalue weighted by Crippen LogP contribution is 2.20. The molecule has 0 aromatic heterocycles. The second-order valence-corrected chi connectivity index (χ2v) is 8.76.